The van der Waals surface area contributed by atoms with Gasteiger partial charge in [-0.2, -0.15) is 0 Å². The molecule has 3 nitrogen and oxygen atoms in total. The molecular weight excluding hydrogens is 202 g/mol. The molecule has 0 heterocycles. The molecule has 0 bridgehead atoms. The van der Waals surface area contributed by atoms with E-state index in [1.807, 2.05) is 12.1 Å². The molecule has 0 atom stereocenters. The van der Waals surface area contributed by atoms with Crippen LogP contribution >= 0.6 is 0 Å². The maximum atomic E-state index is 5.11. The molecule has 3 heteroatoms. The predicted molar refractivity (Wildman–Crippen MR) is 66.1 cm³/mol. The summed E-state index contributed by atoms with van der Waals surface area (Å²) in [7, 11) is 3.41. The normalized spacial score (nSPS) is 10.4. The summed E-state index contributed by atoms with van der Waals surface area (Å²) in [6, 6.07) is 8.25. The van der Waals surface area contributed by atoms with E-state index < -0.39 is 0 Å². The average Bonchev–Trinajstić information content (AvgIpc) is 2.34. The third-order valence-electron chi connectivity index (χ3n) is 2.46. The van der Waals surface area contributed by atoms with Gasteiger partial charge in [-0.25, -0.2) is 0 Å². The van der Waals surface area contributed by atoms with Crippen LogP contribution in [-0.2, 0) is 11.2 Å². The van der Waals surface area contributed by atoms with Gasteiger partial charge in [0.1, 0.15) is 5.75 Å². The van der Waals surface area contributed by atoms with Gasteiger partial charge in [0.15, 0.2) is 0 Å². The van der Waals surface area contributed by atoms with Crippen LogP contribution in [0.15, 0.2) is 24.3 Å². The second kappa shape index (κ2) is 8.13. The van der Waals surface area contributed by atoms with Crippen LogP contribution in [-0.4, -0.2) is 33.9 Å². The third-order valence-corrected chi connectivity index (χ3v) is 2.46. The van der Waals surface area contributed by atoms with Crippen LogP contribution in [0.5, 0.6) is 5.75 Å². The Balaban J connectivity index is 2.12. The van der Waals surface area contributed by atoms with Crippen molar-refractivity contribution in [3.8, 4) is 5.75 Å². The van der Waals surface area contributed by atoms with Gasteiger partial charge < -0.3 is 14.8 Å². The first-order valence-electron chi connectivity index (χ1n) is 5.69. The van der Waals surface area contributed by atoms with Crippen LogP contribution in [0.3, 0.4) is 0 Å². The smallest absolute Gasteiger partial charge is 0.118 e. The highest BCUT2D eigenvalue weighted by Crippen LogP contribution is 2.12. The number of rotatable bonds is 8. The molecule has 0 fully saturated rings. The van der Waals surface area contributed by atoms with Crippen molar-refractivity contribution in [2.75, 3.05) is 33.9 Å². The Morgan fingerprint density at radius 3 is 2.44 bits per heavy atom. The molecule has 1 aromatic carbocycles. The van der Waals surface area contributed by atoms with Crippen LogP contribution in [0.2, 0.25) is 0 Å². The third kappa shape index (κ3) is 5.14. The first-order chi connectivity index (χ1) is 7.86. The molecule has 0 amide bonds. The summed E-state index contributed by atoms with van der Waals surface area (Å²) in [5, 5.41) is 3.33. The second-order valence-corrected chi connectivity index (χ2v) is 3.69. The van der Waals surface area contributed by atoms with Crippen molar-refractivity contribution in [3.63, 3.8) is 0 Å². The Labute approximate surface area is 97.8 Å². The second-order valence-electron chi connectivity index (χ2n) is 3.69. The molecule has 0 spiro atoms. The Bertz CT molecular complexity index is 272. The van der Waals surface area contributed by atoms with Crippen LogP contribution in [0.1, 0.15) is 12.0 Å². The molecule has 0 radical (unpaired) electrons. The fraction of sp³-hybridized carbons (Fsp3) is 0.538. The van der Waals surface area contributed by atoms with E-state index in [-0.39, 0.29) is 0 Å². The molecule has 0 saturated heterocycles. The van der Waals surface area contributed by atoms with Crippen molar-refractivity contribution in [1.29, 1.82) is 0 Å². The van der Waals surface area contributed by atoms with Crippen LogP contribution in [0, 0.1) is 0 Å². The largest absolute Gasteiger partial charge is 0.497 e. The van der Waals surface area contributed by atoms with E-state index >= 15 is 0 Å². The van der Waals surface area contributed by atoms with E-state index in [1.54, 1.807) is 14.2 Å². The minimum Gasteiger partial charge on any atom is -0.497 e. The lowest BCUT2D eigenvalue weighted by atomic mass is 10.1. The Kier molecular flexibility index (Phi) is 6.61. The number of hydrogen-bond acceptors (Lipinski definition) is 3. The molecule has 0 unspecified atom stereocenters. The number of ether oxygens (including phenoxy) is 2. The first kappa shape index (κ1) is 13.0. The molecule has 0 aliphatic heterocycles. The zero-order valence-electron chi connectivity index (χ0n) is 10.2. The van der Waals surface area contributed by atoms with Gasteiger partial charge in [0.2, 0.25) is 0 Å². The van der Waals surface area contributed by atoms with E-state index in [1.165, 1.54) is 5.56 Å². The molecule has 0 saturated carbocycles. The summed E-state index contributed by atoms with van der Waals surface area (Å²) in [5.74, 6) is 0.918. The Hall–Kier alpha value is -1.06. The topological polar surface area (TPSA) is 30.5 Å². The van der Waals surface area contributed by atoms with Crippen LogP contribution in [0.4, 0.5) is 0 Å². The maximum Gasteiger partial charge on any atom is 0.118 e. The zero-order chi connectivity index (χ0) is 11.6. The molecular formula is C13H21NO2. The van der Waals surface area contributed by atoms with Gasteiger partial charge in [0.05, 0.1) is 13.7 Å². The van der Waals surface area contributed by atoms with Crippen molar-refractivity contribution >= 4 is 0 Å². The SMILES string of the molecule is COCCNCCCc1ccc(OC)cc1. The van der Waals surface area contributed by atoms with Crippen molar-refractivity contribution in [1.82, 2.24) is 5.32 Å². The number of hydrogen-bond donors (Lipinski definition) is 1. The Morgan fingerprint density at radius 2 is 1.81 bits per heavy atom. The maximum absolute atomic E-state index is 5.11. The summed E-state index contributed by atoms with van der Waals surface area (Å²) >= 11 is 0. The zero-order valence-corrected chi connectivity index (χ0v) is 10.2. The lowest BCUT2D eigenvalue weighted by molar-refractivity contribution is 0.199. The van der Waals surface area contributed by atoms with Crippen molar-refractivity contribution in [2.24, 2.45) is 0 Å². The fourth-order valence-corrected chi connectivity index (χ4v) is 1.51. The predicted octanol–water partition coefficient (Wildman–Crippen LogP) is 1.86. The van der Waals surface area contributed by atoms with Gasteiger partial charge in [0.25, 0.3) is 0 Å². The van der Waals surface area contributed by atoms with E-state index in [2.05, 4.69) is 17.4 Å². The summed E-state index contributed by atoms with van der Waals surface area (Å²) in [6.07, 6.45) is 2.25. The fourth-order valence-electron chi connectivity index (χ4n) is 1.51. The van der Waals surface area contributed by atoms with Crippen molar-refractivity contribution < 1.29 is 9.47 Å². The molecule has 0 aliphatic rings. The van der Waals surface area contributed by atoms with Gasteiger partial charge >= 0.3 is 0 Å². The summed E-state index contributed by atoms with van der Waals surface area (Å²) < 4.78 is 10.1. The van der Waals surface area contributed by atoms with E-state index in [0.717, 1.165) is 38.3 Å². The monoisotopic (exact) mass is 223 g/mol. The average molecular weight is 223 g/mol. The molecule has 0 aromatic heterocycles. The van der Waals surface area contributed by atoms with Gasteiger partial charge in [0, 0.05) is 13.7 Å². The molecule has 1 rings (SSSR count). The lowest BCUT2D eigenvalue weighted by Gasteiger charge is -2.05. The summed E-state index contributed by atoms with van der Waals surface area (Å²) in [4.78, 5) is 0. The van der Waals surface area contributed by atoms with Gasteiger partial charge in [-0.05, 0) is 37.1 Å². The number of nitrogens with one attached hydrogen (secondary N) is 1. The van der Waals surface area contributed by atoms with E-state index in [4.69, 9.17) is 9.47 Å². The number of benzene rings is 1. The first-order valence-corrected chi connectivity index (χ1v) is 5.69. The minimum atomic E-state index is 0.780. The number of aryl methyl sites for hydroxylation is 1. The molecule has 1 N–H and O–H groups in total. The summed E-state index contributed by atoms with van der Waals surface area (Å²) in [5.41, 5.74) is 1.36. The highest BCUT2D eigenvalue weighted by Gasteiger charge is 1.94. The highest BCUT2D eigenvalue weighted by molar-refractivity contribution is 5.27. The van der Waals surface area contributed by atoms with E-state index in [9.17, 15) is 0 Å². The molecule has 90 valence electrons. The van der Waals surface area contributed by atoms with Crippen molar-refractivity contribution in [3.05, 3.63) is 29.8 Å². The summed E-state index contributed by atoms with van der Waals surface area (Å²) in [6.45, 7) is 2.75. The quantitative estimate of drug-likeness (QED) is 0.682. The molecule has 16 heavy (non-hydrogen) atoms. The van der Waals surface area contributed by atoms with Gasteiger partial charge in [-0.15, -0.1) is 0 Å². The van der Waals surface area contributed by atoms with Crippen LogP contribution in [0.25, 0.3) is 0 Å². The standard InChI is InChI=1S/C13H21NO2/c1-15-11-10-14-9-3-4-12-5-7-13(16-2)8-6-12/h5-8,14H,3-4,9-11H2,1-2H3. The minimum absolute atomic E-state index is 0.780. The molecule has 1 aromatic rings. The van der Waals surface area contributed by atoms with Crippen LogP contribution < -0.4 is 10.1 Å². The lowest BCUT2D eigenvalue weighted by Crippen LogP contribution is -2.20. The number of methoxy groups -OCH3 is 2. The Morgan fingerprint density at radius 1 is 1.06 bits per heavy atom. The van der Waals surface area contributed by atoms with Crippen molar-refractivity contribution in [2.45, 2.75) is 12.8 Å². The van der Waals surface area contributed by atoms with Gasteiger partial charge in [-0.3, -0.25) is 0 Å². The highest BCUT2D eigenvalue weighted by atomic mass is 16.5. The van der Waals surface area contributed by atoms with E-state index in [0.29, 0.717) is 0 Å². The van der Waals surface area contributed by atoms with Gasteiger partial charge in [-0.1, -0.05) is 12.1 Å². The molecule has 0 aliphatic carbocycles.